The van der Waals surface area contributed by atoms with Crippen LogP contribution in [0.25, 0.3) is 11.4 Å². The number of hydrogen-bond donors (Lipinski definition) is 0. The molecule has 0 amide bonds. The van der Waals surface area contributed by atoms with Crippen LogP contribution in [0, 0.1) is 0 Å². The first-order valence-electron chi connectivity index (χ1n) is 8.58. The Bertz CT molecular complexity index is 831. The molecular weight excluding hydrogens is 350 g/mol. The fourth-order valence-electron chi connectivity index (χ4n) is 2.65. The largest absolute Gasteiger partial charge is 0.494 e. The van der Waals surface area contributed by atoms with Crippen LogP contribution < -0.4 is 4.74 Å². The molecule has 136 valence electrons. The molecule has 0 spiro atoms. The average molecular weight is 372 g/mol. The number of hydrogen-bond acceptors (Lipinski definition) is 5. The molecule has 1 atom stereocenters. The van der Waals surface area contributed by atoms with Gasteiger partial charge in [0, 0.05) is 16.6 Å². The predicted octanol–water partition coefficient (Wildman–Crippen LogP) is 4.98. The predicted molar refractivity (Wildman–Crippen MR) is 102 cm³/mol. The Morgan fingerprint density at radius 1 is 1.12 bits per heavy atom. The normalized spacial score (nSPS) is 12.3. The van der Waals surface area contributed by atoms with Gasteiger partial charge in [0.25, 0.3) is 0 Å². The van der Waals surface area contributed by atoms with Crippen molar-refractivity contribution >= 4 is 11.6 Å². The van der Waals surface area contributed by atoms with Crippen LogP contribution in [0.15, 0.2) is 53.1 Å². The van der Waals surface area contributed by atoms with Gasteiger partial charge in [-0.25, -0.2) is 0 Å². The molecule has 0 aliphatic heterocycles. The lowest BCUT2D eigenvalue weighted by Gasteiger charge is -2.23. The Kier molecular flexibility index (Phi) is 5.91. The van der Waals surface area contributed by atoms with Crippen molar-refractivity contribution in [1.82, 2.24) is 15.0 Å². The van der Waals surface area contributed by atoms with Crippen LogP contribution in [0.2, 0.25) is 5.02 Å². The van der Waals surface area contributed by atoms with Crippen LogP contribution in [0.4, 0.5) is 0 Å². The van der Waals surface area contributed by atoms with Gasteiger partial charge < -0.3 is 9.26 Å². The van der Waals surface area contributed by atoms with E-state index in [4.69, 9.17) is 20.9 Å². The summed E-state index contributed by atoms with van der Waals surface area (Å²) >= 11 is 5.96. The Hall–Kier alpha value is -2.37. The average Bonchev–Trinajstić information content (AvgIpc) is 3.11. The van der Waals surface area contributed by atoms with E-state index in [0.717, 1.165) is 16.3 Å². The molecule has 0 fully saturated rings. The van der Waals surface area contributed by atoms with E-state index >= 15 is 0 Å². The van der Waals surface area contributed by atoms with Gasteiger partial charge in [-0.15, -0.1) is 0 Å². The molecule has 0 N–H and O–H groups in total. The molecule has 3 aromatic rings. The Morgan fingerprint density at radius 3 is 2.46 bits per heavy atom. The lowest BCUT2D eigenvalue weighted by atomic mass is 10.1. The van der Waals surface area contributed by atoms with Crippen LogP contribution in [0.3, 0.4) is 0 Å². The lowest BCUT2D eigenvalue weighted by molar-refractivity contribution is 0.216. The first-order valence-corrected chi connectivity index (χ1v) is 8.96. The van der Waals surface area contributed by atoms with Gasteiger partial charge in [0.2, 0.25) is 11.7 Å². The Labute approximate surface area is 158 Å². The topological polar surface area (TPSA) is 51.4 Å². The first-order chi connectivity index (χ1) is 12.6. The van der Waals surface area contributed by atoms with Crippen LogP contribution >= 0.6 is 11.6 Å². The summed E-state index contributed by atoms with van der Waals surface area (Å²) in [6.07, 6.45) is 0. The molecule has 2 aromatic carbocycles. The smallest absolute Gasteiger partial charge is 0.241 e. The SMILES string of the molecule is CCOc1ccc(-c2noc(CN(C)C(C)c3ccc(Cl)cc3)n2)cc1. The van der Waals surface area contributed by atoms with Gasteiger partial charge in [0.1, 0.15) is 5.75 Å². The minimum atomic E-state index is 0.202. The summed E-state index contributed by atoms with van der Waals surface area (Å²) < 4.78 is 10.9. The molecule has 1 heterocycles. The summed E-state index contributed by atoms with van der Waals surface area (Å²) in [6, 6.07) is 15.7. The van der Waals surface area contributed by atoms with E-state index in [1.165, 1.54) is 5.56 Å². The van der Waals surface area contributed by atoms with Gasteiger partial charge in [-0.2, -0.15) is 4.98 Å². The zero-order valence-corrected chi connectivity index (χ0v) is 15.9. The molecule has 5 nitrogen and oxygen atoms in total. The quantitative estimate of drug-likeness (QED) is 0.586. The van der Waals surface area contributed by atoms with Crippen molar-refractivity contribution in [2.75, 3.05) is 13.7 Å². The number of nitrogens with zero attached hydrogens (tertiary/aromatic N) is 3. The van der Waals surface area contributed by atoms with Crippen molar-refractivity contribution in [3.8, 4) is 17.1 Å². The van der Waals surface area contributed by atoms with Gasteiger partial charge in [-0.05, 0) is 62.9 Å². The first kappa shape index (κ1) is 18.4. The molecule has 6 heteroatoms. The van der Waals surface area contributed by atoms with E-state index < -0.39 is 0 Å². The molecule has 0 saturated heterocycles. The minimum Gasteiger partial charge on any atom is -0.494 e. The highest BCUT2D eigenvalue weighted by atomic mass is 35.5. The van der Waals surface area contributed by atoms with Gasteiger partial charge in [-0.3, -0.25) is 4.90 Å². The third-order valence-electron chi connectivity index (χ3n) is 4.29. The van der Waals surface area contributed by atoms with E-state index in [-0.39, 0.29) is 6.04 Å². The van der Waals surface area contributed by atoms with Crippen molar-refractivity contribution in [3.63, 3.8) is 0 Å². The number of ether oxygens (including phenoxy) is 1. The maximum absolute atomic E-state index is 5.96. The lowest BCUT2D eigenvalue weighted by Crippen LogP contribution is -2.22. The van der Waals surface area contributed by atoms with E-state index in [2.05, 4.69) is 22.0 Å². The molecule has 0 radical (unpaired) electrons. The third kappa shape index (κ3) is 4.42. The standard InChI is InChI=1S/C20H22ClN3O2/c1-4-25-18-11-7-16(8-12-18)20-22-19(26-23-20)13-24(3)14(2)15-5-9-17(21)10-6-15/h5-12,14H,4,13H2,1-3H3. The van der Waals surface area contributed by atoms with Crippen LogP contribution in [-0.2, 0) is 6.54 Å². The molecule has 0 saturated carbocycles. The van der Waals surface area contributed by atoms with E-state index in [9.17, 15) is 0 Å². The van der Waals surface area contributed by atoms with E-state index in [0.29, 0.717) is 24.9 Å². The van der Waals surface area contributed by atoms with Crippen molar-refractivity contribution in [2.45, 2.75) is 26.4 Å². The second-order valence-corrected chi connectivity index (χ2v) is 6.55. The zero-order chi connectivity index (χ0) is 18.5. The Balaban J connectivity index is 1.66. The number of benzene rings is 2. The molecule has 26 heavy (non-hydrogen) atoms. The molecule has 3 rings (SSSR count). The van der Waals surface area contributed by atoms with Crippen molar-refractivity contribution in [1.29, 1.82) is 0 Å². The number of aromatic nitrogens is 2. The van der Waals surface area contributed by atoms with Crippen molar-refractivity contribution in [2.24, 2.45) is 0 Å². The monoisotopic (exact) mass is 371 g/mol. The summed E-state index contributed by atoms with van der Waals surface area (Å²) in [5, 5.41) is 4.82. The van der Waals surface area contributed by atoms with E-state index in [1.807, 2.05) is 62.5 Å². The van der Waals surface area contributed by atoms with Crippen LogP contribution in [-0.4, -0.2) is 28.7 Å². The zero-order valence-electron chi connectivity index (χ0n) is 15.1. The number of halogens is 1. The summed E-state index contributed by atoms with van der Waals surface area (Å²) in [4.78, 5) is 6.66. The van der Waals surface area contributed by atoms with Gasteiger partial charge in [0.15, 0.2) is 0 Å². The summed E-state index contributed by atoms with van der Waals surface area (Å²) in [7, 11) is 2.03. The fraction of sp³-hybridized carbons (Fsp3) is 0.300. The summed E-state index contributed by atoms with van der Waals surface area (Å²) in [5.74, 6) is 1.99. The minimum absolute atomic E-state index is 0.202. The van der Waals surface area contributed by atoms with E-state index in [1.54, 1.807) is 0 Å². The molecular formula is C20H22ClN3O2. The van der Waals surface area contributed by atoms with Gasteiger partial charge >= 0.3 is 0 Å². The second-order valence-electron chi connectivity index (χ2n) is 6.11. The molecule has 0 bridgehead atoms. The highest BCUT2D eigenvalue weighted by molar-refractivity contribution is 6.30. The highest BCUT2D eigenvalue weighted by Gasteiger charge is 2.16. The van der Waals surface area contributed by atoms with Gasteiger partial charge in [0.05, 0.1) is 13.2 Å². The van der Waals surface area contributed by atoms with Crippen LogP contribution in [0.5, 0.6) is 5.75 Å². The third-order valence-corrected chi connectivity index (χ3v) is 4.54. The summed E-state index contributed by atoms with van der Waals surface area (Å²) in [6.45, 7) is 5.30. The second kappa shape index (κ2) is 8.34. The molecule has 1 aromatic heterocycles. The maximum atomic E-state index is 5.96. The van der Waals surface area contributed by atoms with Crippen molar-refractivity contribution < 1.29 is 9.26 Å². The molecule has 0 aliphatic rings. The van der Waals surface area contributed by atoms with Gasteiger partial charge in [-0.1, -0.05) is 28.9 Å². The summed E-state index contributed by atoms with van der Waals surface area (Å²) in [5.41, 5.74) is 2.08. The highest BCUT2D eigenvalue weighted by Crippen LogP contribution is 2.24. The number of rotatable bonds is 7. The molecule has 0 aliphatic carbocycles. The molecule has 1 unspecified atom stereocenters. The maximum Gasteiger partial charge on any atom is 0.241 e. The Morgan fingerprint density at radius 2 is 1.81 bits per heavy atom. The van der Waals surface area contributed by atoms with Crippen molar-refractivity contribution in [3.05, 3.63) is 65.0 Å². The van der Waals surface area contributed by atoms with Crippen LogP contribution in [0.1, 0.15) is 31.3 Å². The fourth-order valence-corrected chi connectivity index (χ4v) is 2.78.